The molecule has 0 amide bonds. The molecule has 1 aliphatic rings. The number of hydrogen-bond donors (Lipinski definition) is 1. The van der Waals surface area contributed by atoms with E-state index in [4.69, 9.17) is 0 Å². The van der Waals surface area contributed by atoms with Crippen LogP contribution in [0.3, 0.4) is 0 Å². The highest BCUT2D eigenvalue weighted by Crippen LogP contribution is 2.18. The number of aromatic nitrogens is 3. The van der Waals surface area contributed by atoms with Gasteiger partial charge in [-0.1, -0.05) is 6.07 Å². The number of pyridine rings is 1. The van der Waals surface area contributed by atoms with Gasteiger partial charge in [-0.2, -0.15) is 0 Å². The summed E-state index contributed by atoms with van der Waals surface area (Å²) in [6, 6.07) is 6.72. The van der Waals surface area contributed by atoms with Crippen LogP contribution in [0.25, 0.3) is 0 Å². The fourth-order valence-corrected chi connectivity index (χ4v) is 2.83. The van der Waals surface area contributed by atoms with Crippen molar-refractivity contribution in [2.45, 2.75) is 31.8 Å². The van der Waals surface area contributed by atoms with E-state index in [9.17, 15) is 0 Å². The zero-order valence-electron chi connectivity index (χ0n) is 12.3. The minimum Gasteiger partial charge on any atom is -0.339 e. The summed E-state index contributed by atoms with van der Waals surface area (Å²) in [7, 11) is 0. The maximum Gasteiger partial charge on any atom is 0.225 e. The van der Waals surface area contributed by atoms with Crippen molar-refractivity contribution in [3.05, 3.63) is 48.5 Å². The second-order valence-electron chi connectivity index (χ2n) is 5.51. The largest absolute Gasteiger partial charge is 0.339 e. The van der Waals surface area contributed by atoms with Gasteiger partial charge in [-0.05, 0) is 37.5 Å². The predicted octanol–water partition coefficient (Wildman–Crippen LogP) is 2.19. The van der Waals surface area contributed by atoms with Crippen molar-refractivity contribution in [2.24, 2.45) is 0 Å². The number of piperidine rings is 1. The molecule has 0 aliphatic carbocycles. The summed E-state index contributed by atoms with van der Waals surface area (Å²) in [4.78, 5) is 15.2. The van der Waals surface area contributed by atoms with E-state index in [0.29, 0.717) is 12.1 Å². The third-order valence-electron chi connectivity index (χ3n) is 3.93. The van der Waals surface area contributed by atoms with Crippen molar-refractivity contribution in [3.63, 3.8) is 0 Å². The molecule has 0 aromatic carbocycles. The predicted molar refractivity (Wildman–Crippen MR) is 83.1 cm³/mol. The van der Waals surface area contributed by atoms with E-state index in [1.807, 2.05) is 24.5 Å². The average molecular weight is 283 g/mol. The van der Waals surface area contributed by atoms with E-state index in [2.05, 4.69) is 38.2 Å². The fourth-order valence-electron chi connectivity index (χ4n) is 2.83. The molecule has 5 nitrogen and oxygen atoms in total. The van der Waals surface area contributed by atoms with Gasteiger partial charge in [0, 0.05) is 50.0 Å². The Balaban J connectivity index is 1.61. The van der Waals surface area contributed by atoms with Crippen LogP contribution in [0.4, 0.5) is 5.95 Å². The van der Waals surface area contributed by atoms with Crippen LogP contribution in [-0.2, 0) is 0 Å². The lowest BCUT2D eigenvalue weighted by atomic mass is 10.0. The molecule has 3 heterocycles. The third kappa shape index (κ3) is 3.55. The molecule has 2 atom stereocenters. The van der Waals surface area contributed by atoms with Crippen molar-refractivity contribution >= 4 is 5.95 Å². The average Bonchev–Trinajstić information content (AvgIpc) is 2.57. The van der Waals surface area contributed by atoms with Gasteiger partial charge in [-0.3, -0.25) is 4.98 Å². The van der Waals surface area contributed by atoms with Crippen LogP contribution < -0.4 is 10.2 Å². The van der Waals surface area contributed by atoms with Gasteiger partial charge in [0.25, 0.3) is 0 Å². The van der Waals surface area contributed by atoms with Crippen LogP contribution in [-0.4, -0.2) is 34.1 Å². The van der Waals surface area contributed by atoms with Gasteiger partial charge in [0.1, 0.15) is 0 Å². The Kier molecular flexibility index (Phi) is 4.40. The number of rotatable bonds is 4. The number of hydrogen-bond acceptors (Lipinski definition) is 5. The summed E-state index contributed by atoms with van der Waals surface area (Å²) in [6.07, 6.45) is 9.70. The Morgan fingerprint density at radius 1 is 1.24 bits per heavy atom. The van der Waals surface area contributed by atoms with E-state index in [1.54, 1.807) is 12.4 Å². The van der Waals surface area contributed by atoms with Gasteiger partial charge >= 0.3 is 0 Å². The minimum absolute atomic E-state index is 0.306. The molecule has 1 fully saturated rings. The normalized spacial score (nSPS) is 20.2. The fraction of sp³-hybridized carbons (Fsp3) is 0.438. The first-order valence-corrected chi connectivity index (χ1v) is 7.51. The molecular weight excluding hydrogens is 262 g/mol. The second kappa shape index (κ2) is 6.63. The van der Waals surface area contributed by atoms with Gasteiger partial charge in [-0.15, -0.1) is 0 Å². The van der Waals surface area contributed by atoms with Crippen LogP contribution >= 0.6 is 0 Å². The molecule has 0 radical (unpaired) electrons. The van der Waals surface area contributed by atoms with Gasteiger partial charge in [0.15, 0.2) is 0 Å². The van der Waals surface area contributed by atoms with Crippen LogP contribution in [0.15, 0.2) is 43.0 Å². The van der Waals surface area contributed by atoms with Gasteiger partial charge in [0.05, 0.1) is 0 Å². The molecule has 2 aromatic heterocycles. The van der Waals surface area contributed by atoms with E-state index < -0.39 is 0 Å². The maximum absolute atomic E-state index is 4.35. The van der Waals surface area contributed by atoms with Gasteiger partial charge < -0.3 is 10.2 Å². The number of anilines is 1. The molecule has 5 heteroatoms. The van der Waals surface area contributed by atoms with Crippen LogP contribution in [0.2, 0.25) is 0 Å². The molecule has 1 N–H and O–H groups in total. The van der Waals surface area contributed by atoms with Crippen LogP contribution in [0, 0.1) is 0 Å². The Hall–Kier alpha value is -2.01. The lowest BCUT2D eigenvalue weighted by Gasteiger charge is -2.34. The quantitative estimate of drug-likeness (QED) is 0.932. The standard InChI is InChI=1S/C16H21N5/c1-13(14-5-2-7-17-11-14)20-15-6-3-10-21(12-15)16-18-8-4-9-19-16/h2,4-5,7-9,11,13,15,20H,3,6,10,12H2,1H3. The lowest BCUT2D eigenvalue weighted by molar-refractivity contribution is 0.385. The first kappa shape index (κ1) is 13.9. The summed E-state index contributed by atoms with van der Waals surface area (Å²) in [5.74, 6) is 0.832. The van der Waals surface area contributed by atoms with Gasteiger partial charge in [-0.25, -0.2) is 9.97 Å². The van der Waals surface area contributed by atoms with E-state index in [1.165, 1.54) is 12.0 Å². The van der Waals surface area contributed by atoms with E-state index in [-0.39, 0.29) is 0 Å². The molecule has 3 rings (SSSR count). The maximum atomic E-state index is 4.35. The molecule has 0 spiro atoms. The zero-order chi connectivity index (χ0) is 14.5. The molecule has 1 saturated heterocycles. The lowest BCUT2D eigenvalue weighted by Crippen LogP contribution is -2.47. The first-order valence-electron chi connectivity index (χ1n) is 7.51. The van der Waals surface area contributed by atoms with Crippen molar-refractivity contribution < 1.29 is 0 Å². The van der Waals surface area contributed by atoms with Crippen molar-refractivity contribution in [1.29, 1.82) is 0 Å². The second-order valence-corrected chi connectivity index (χ2v) is 5.51. The third-order valence-corrected chi connectivity index (χ3v) is 3.93. The topological polar surface area (TPSA) is 53.9 Å². The summed E-state index contributed by atoms with van der Waals surface area (Å²) >= 11 is 0. The highest BCUT2D eigenvalue weighted by Gasteiger charge is 2.22. The summed E-state index contributed by atoms with van der Waals surface area (Å²) in [6.45, 7) is 4.17. The molecule has 21 heavy (non-hydrogen) atoms. The summed E-state index contributed by atoms with van der Waals surface area (Å²) in [5, 5.41) is 3.70. The van der Waals surface area contributed by atoms with Crippen molar-refractivity contribution in [1.82, 2.24) is 20.3 Å². The zero-order valence-corrected chi connectivity index (χ0v) is 12.3. The summed E-state index contributed by atoms with van der Waals surface area (Å²) < 4.78 is 0. The molecule has 0 saturated carbocycles. The van der Waals surface area contributed by atoms with E-state index >= 15 is 0 Å². The highest BCUT2D eigenvalue weighted by atomic mass is 15.3. The Bertz CT molecular complexity index is 543. The molecule has 110 valence electrons. The Morgan fingerprint density at radius 3 is 2.86 bits per heavy atom. The van der Waals surface area contributed by atoms with E-state index in [0.717, 1.165) is 25.5 Å². The van der Waals surface area contributed by atoms with Crippen molar-refractivity contribution in [3.8, 4) is 0 Å². The molecule has 2 aromatic rings. The van der Waals surface area contributed by atoms with Crippen LogP contribution in [0.5, 0.6) is 0 Å². The highest BCUT2D eigenvalue weighted by molar-refractivity contribution is 5.29. The number of nitrogens with one attached hydrogen (secondary N) is 1. The van der Waals surface area contributed by atoms with Gasteiger partial charge in [0.2, 0.25) is 5.95 Å². The minimum atomic E-state index is 0.306. The first-order chi connectivity index (χ1) is 10.3. The van der Waals surface area contributed by atoms with Crippen LogP contribution in [0.1, 0.15) is 31.4 Å². The molecule has 1 aliphatic heterocycles. The molecule has 2 unspecified atom stereocenters. The number of nitrogens with zero attached hydrogens (tertiary/aromatic N) is 4. The Labute approximate surface area is 125 Å². The monoisotopic (exact) mass is 283 g/mol. The van der Waals surface area contributed by atoms with Crippen molar-refractivity contribution in [2.75, 3.05) is 18.0 Å². The molecule has 0 bridgehead atoms. The smallest absolute Gasteiger partial charge is 0.225 e. The molecular formula is C16H21N5. The Morgan fingerprint density at radius 2 is 2.10 bits per heavy atom. The SMILES string of the molecule is CC(NC1CCCN(c2ncccn2)C1)c1cccnc1. The summed E-state index contributed by atoms with van der Waals surface area (Å²) in [5.41, 5.74) is 1.23.